The van der Waals surface area contributed by atoms with E-state index in [4.69, 9.17) is 11.6 Å². The van der Waals surface area contributed by atoms with Crippen LogP contribution in [-0.2, 0) is 11.0 Å². The van der Waals surface area contributed by atoms with Crippen molar-refractivity contribution in [3.05, 3.63) is 28.8 Å². The van der Waals surface area contributed by atoms with Crippen LogP contribution in [0, 0.1) is 5.92 Å². The Kier molecular flexibility index (Phi) is 7.00. The molecule has 1 aromatic carbocycles. The van der Waals surface area contributed by atoms with E-state index >= 15 is 0 Å². The van der Waals surface area contributed by atoms with E-state index in [1.165, 1.54) is 6.07 Å². The van der Waals surface area contributed by atoms with Gasteiger partial charge in [-0.25, -0.2) is 0 Å². The third kappa shape index (κ3) is 6.56. The van der Waals surface area contributed by atoms with Crippen LogP contribution in [0.25, 0.3) is 0 Å². The van der Waals surface area contributed by atoms with Crippen molar-refractivity contribution in [2.24, 2.45) is 5.92 Å². The molecule has 22 heavy (non-hydrogen) atoms. The molecule has 0 unspecified atom stereocenters. The maximum atomic E-state index is 12.6. The Hall–Kier alpha value is -1.43. The predicted molar refractivity (Wildman–Crippen MR) is 82.0 cm³/mol. The molecule has 0 aliphatic heterocycles. The highest BCUT2D eigenvalue weighted by molar-refractivity contribution is 6.33. The molecule has 0 saturated heterocycles. The summed E-state index contributed by atoms with van der Waals surface area (Å²) in [6.07, 6.45) is -3.36. The lowest BCUT2D eigenvalue weighted by Crippen LogP contribution is -2.27. The normalized spacial score (nSPS) is 11.6. The summed E-state index contributed by atoms with van der Waals surface area (Å²) in [5, 5.41) is 5.71. The summed E-state index contributed by atoms with van der Waals surface area (Å²) in [6, 6.07) is 3.06. The molecular formula is C15H20ClF3N2O. The Labute approximate surface area is 133 Å². The van der Waals surface area contributed by atoms with Crippen molar-refractivity contribution in [2.45, 2.75) is 32.9 Å². The van der Waals surface area contributed by atoms with Gasteiger partial charge in [-0.2, -0.15) is 13.2 Å². The van der Waals surface area contributed by atoms with Crippen molar-refractivity contribution in [2.75, 3.05) is 18.4 Å². The van der Waals surface area contributed by atoms with Crippen LogP contribution in [0.15, 0.2) is 18.2 Å². The Bertz CT molecular complexity index is 504. The number of hydrogen-bond acceptors (Lipinski definition) is 2. The van der Waals surface area contributed by atoms with Crippen molar-refractivity contribution >= 4 is 23.2 Å². The van der Waals surface area contributed by atoms with Gasteiger partial charge in [0.1, 0.15) is 0 Å². The van der Waals surface area contributed by atoms with E-state index in [-0.39, 0.29) is 29.6 Å². The number of carbonyl (C=O) groups is 1. The molecule has 0 spiro atoms. The van der Waals surface area contributed by atoms with Crippen LogP contribution in [0.4, 0.5) is 18.9 Å². The topological polar surface area (TPSA) is 41.1 Å². The average Bonchev–Trinajstić information content (AvgIpc) is 2.39. The first-order valence-corrected chi connectivity index (χ1v) is 7.45. The van der Waals surface area contributed by atoms with Gasteiger partial charge in [0.15, 0.2) is 0 Å². The van der Waals surface area contributed by atoms with Gasteiger partial charge in [-0.05, 0) is 30.5 Å². The van der Waals surface area contributed by atoms with E-state index in [0.29, 0.717) is 12.5 Å². The lowest BCUT2D eigenvalue weighted by Gasteiger charge is -2.12. The lowest BCUT2D eigenvalue weighted by atomic mass is 10.1. The molecule has 1 amide bonds. The first-order chi connectivity index (χ1) is 10.2. The SMILES string of the molecule is CC(C)CCNC(=O)CCNc1cc(C(F)(F)F)ccc1Cl. The van der Waals surface area contributed by atoms with Gasteiger partial charge in [0.05, 0.1) is 16.3 Å². The van der Waals surface area contributed by atoms with Gasteiger partial charge in [0.25, 0.3) is 0 Å². The smallest absolute Gasteiger partial charge is 0.383 e. The van der Waals surface area contributed by atoms with Crippen molar-refractivity contribution < 1.29 is 18.0 Å². The molecule has 2 N–H and O–H groups in total. The number of anilines is 1. The predicted octanol–water partition coefficient (Wildman–Crippen LogP) is 4.32. The van der Waals surface area contributed by atoms with Gasteiger partial charge in [0, 0.05) is 19.5 Å². The largest absolute Gasteiger partial charge is 0.416 e. The minimum Gasteiger partial charge on any atom is -0.383 e. The number of hydrogen-bond donors (Lipinski definition) is 2. The number of rotatable bonds is 7. The maximum absolute atomic E-state index is 12.6. The summed E-state index contributed by atoms with van der Waals surface area (Å²) in [5.74, 6) is 0.360. The van der Waals surface area contributed by atoms with Gasteiger partial charge in [-0.15, -0.1) is 0 Å². The van der Waals surface area contributed by atoms with Gasteiger partial charge in [0.2, 0.25) is 5.91 Å². The molecule has 0 heterocycles. The molecule has 0 fully saturated rings. The molecule has 0 atom stereocenters. The van der Waals surface area contributed by atoms with Crippen LogP contribution in [-0.4, -0.2) is 19.0 Å². The summed E-state index contributed by atoms with van der Waals surface area (Å²) >= 11 is 5.85. The van der Waals surface area contributed by atoms with Crippen LogP contribution < -0.4 is 10.6 Å². The third-order valence-electron chi connectivity index (χ3n) is 3.01. The zero-order chi connectivity index (χ0) is 16.8. The molecule has 124 valence electrons. The molecule has 0 bridgehead atoms. The van der Waals surface area contributed by atoms with E-state index in [1.807, 2.05) is 0 Å². The van der Waals surface area contributed by atoms with Crippen LogP contribution in [0.5, 0.6) is 0 Å². The second-order valence-corrected chi connectivity index (χ2v) is 5.81. The van der Waals surface area contributed by atoms with Gasteiger partial charge in [-0.1, -0.05) is 25.4 Å². The molecule has 1 aromatic rings. The number of halogens is 4. The molecule has 1 rings (SSSR count). The van der Waals surface area contributed by atoms with Crippen molar-refractivity contribution in [1.82, 2.24) is 5.32 Å². The van der Waals surface area contributed by atoms with E-state index in [9.17, 15) is 18.0 Å². The number of carbonyl (C=O) groups excluding carboxylic acids is 1. The van der Waals surface area contributed by atoms with Crippen LogP contribution in [0.3, 0.4) is 0 Å². The van der Waals surface area contributed by atoms with E-state index in [0.717, 1.165) is 18.6 Å². The molecule has 0 saturated carbocycles. The molecule has 3 nitrogen and oxygen atoms in total. The first-order valence-electron chi connectivity index (χ1n) is 7.07. The van der Waals surface area contributed by atoms with Gasteiger partial charge >= 0.3 is 6.18 Å². The molecule has 0 radical (unpaired) electrons. The first kappa shape index (κ1) is 18.6. The van der Waals surface area contributed by atoms with Crippen LogP contribution in [0.2, 0.25) is 5.02 Å². The van der Waals surface area contributed by atoms with Crippen molar-refractivity contribution in [1.29, 1.82) is 0 Å². The fraction of sp³-hybridized carbons (Fsp3) is 0.533. The zero-order valence-corrected chi connectivity index (χ0v) is 13.3. The van der Waals surface area contributed by atoms with E-state index in [1.54, 1.807) is 0 Å². The molecule has 0 aliphatic rings. The highest BCUT2D eigenvalue weighted by atomic mass is 35.5. The van der Waals surface area contributed by atoms with E-state index in [2.05, 4.69) is 24.5 Å². The Morgan fingerprint density at radius 1 is 1.27 bits per heavy atom. The maximum Gasteiger partial charge on any atom is 0.416 e. The van der Waals surface area contributed by atoms with Gasteiger partial charge in [-0.3, -0.25) is 4.79 Å². The second-order valence-electron chi connectivity index (χ2n) is 5.40. The summed E-state index contributed by atoms with van der Waals surface area (Å²) in [4.78, 5) is 11.6. The Morgan fingerprint density at radius 2 is 1.95 bits per heavy atom. The minimum atomic E-state index is -4.42. The second kappa shape index (κ2) is 8.27. The number of benzene rings is 1. The monoisotopic (exact) mass is 336 g/mol. The van der Waals surface area contributed by atoms with E-state index < -0.39 is 11.7 Å². The average molecular weight is 337 g/mol. The highest BCUT2D eigenvalue weighted by Gasteiger charge is 2.30. The summed E-state index contributed by atoms with van der Waals surface area (Å²) in [7, 11) is 0. The molecule has 0 aromatic heterocycles. The summed E-state index contributed by atoms with van der Waals surface area (Å²) in [5.41, 5.74) is -0.604. The standard InChI is InChI=1S/C15H20ClF3N2O/c1-10(2)5-7-21-14(22)6-8-20-13-9-11(15(17,18)19)3-4-12(13)16/h3-4,9-10,20H,5-8H2,1-2H3,(H,21,22). The number of nitrogens with one attached hydrogen (secondary N) is 2. The number of amides is 1. The molecule has 0 aliphatic carbocycles. The lowest BCUT2D eigenvalue weighted by molar-refractivity contribution is -0.137. The third-order valence-corrected chi connectivity index (χ3v) is 3.33. The van der Waals surface area contributed by atoms with Crippen molar-refractivity contribution in [3.8, 4) is 0 Å². The fourth-order valence-electron chi connectivity index (χ4n) is 1.74. The molecule has 7 heteroatoms. The molecular weight excluding hydrogens is 317 g/mol. The Balaban J connectivity index is 2.46. The Morgan fingerprint density at radius 3 is 2.55 bits per heavy atom. The minimum absolute atomic E-state index is 0.142. The van der Waals surface area contributed by atoms with Gasteiger partial charge < -0.3 is 10.6 Å². The highest BCUT2D eigenvalue weighted by Crippen LogP contribution is 2.33. The zero-order valence-electron chi connectivity index (χ0n) is 12.6. The summed E-state index contributed by atoms with van der Waals surface area (Å²) in [6.45, 7) is 4.93. The number of alkyl halides is 3. The fourth-order valence-corrected chi connectivity index (χ4v) is 1.92. The van der Waals surface area contributed by atoms with Crippen LogP contribution >= 0.6 is 11.6 Å². The summed E-state index contributed by atoms with van der Waals surface area (Å²) < 4.78 is 37.9. The quantitative estimate of drug-likeness (QED) is 0.778. The van der Waals surface area contributed by atoms with Crippen molar-refractivity contribution in [3.63, 3.8) is 0 Å². The van der Waals surface area contributed by atoms with Crippen LogP contribution in [0.1, 0.15) is 32.3 Å².